The molecule has 0 heterocycles. The van der Waals surface area contributed by atoms with E-state index in [1.807, 2.05) is 13.8 Å². The lowest BCUT2D eigenvalue weighted by Gasteiger charge is -2.27. The normalized spacial score (nSPS) is 13.7. The molecule has 0 fully saturated rings. The van der Waals surface area contributed by atoms with Crippen molar-refractivity contribution < 1.29 is 14.7 Å². The SMILES string of the molecule is CC(C)C(C)(O)CNC(=O)C(=O)Nc1cccc(Cl)c1Cl. The molecule has 1 unspecified atom stereocenters. The zero-order valence-corrected chi connectivity index (χ0v) is 13.5. The number of halogens is 2. The van der Waals surface area contributed by atoms with E-state index in [0.29, 0.717) is 0 Å². The van der Waals surface area contributed by atoms with Gasteiger partial charge in [-0.25, -0.2) is 0 Å². The summed E-state index contributed by atoms with van der Waals surface area (Å²) in [6.07, 6.45) is 0. The first-order valence-electron chi connectivity index (χ1n) is 6.40. The van der Waals surface area contributed by atoms with Gasteiger partial charge in [0.25, 0.3) is 0 Å². The number of hydrogen-bond donors (Lipinski definition) is 3. The summed E-state index contributed by atoms with van der Waals surface area (Å²) >= 11 is 11.7. The maximum Gasteiger partial charge on any atom is 0.313 e. The van der Waals surface area contributed by atoms with Crippen molar-refractivity contribution >= 4 is 40.7 Å². The second-order valence-corrected chi connectivity index (χ2v) is 6.04. The van der Waals surface area contributed by atoms with Gasteiger partial charge in [0.1, 0.15) is 0 Å². The quantitative estimate of drug-likeness (QED) is 0.741. The van der Waals surface area contributed by atoms with Crippen molar-refractivity contribution in [3.63, 3.8) is 0 Å². The van der Waals surface area contributed by atoms with E-state index in [4.69, 9.17) is 23.2 Å². The Labute approximate surface area is 133 Å². The van der Waals surface area contributed by atoms with Gasteiger partial charge in [0, 0.05) is 6.54 Å². The molecular formula is C14H18Cl2N2O3. The number of anilines is 1. The van der Waals surface area contributed by atoms with E-state index in [0.717, 1.165) is 0 Å². The minimum Gasteiger partial charge on any atom is -0.388 e. The fourth-order valence-corrected chi connectivity index (χ4v) is 1.67. The molecule has 21 heavy (non-hydrogen) atoms. The average molecular weight is 333 g/mol. The van der Waals surface area contributed by atoms with Crippen LogP contribution in [-0.4, -0.2) is 29.1 Å². The molecule has 1 atom stereocenters. The van der Waals surface area contributed by atoms with E-state index < -0.39 is 17.4 Å². The van der Waals surface area contributed by atoms with Gasteiger partial charge in [0.15, 0.2) is 0 Å². The van der Waals surface area contributed by atoms with Gasteiger partial charge in [-0.1, -0.05) is 43.1 Å². The Morgan fingerprint density at radius 1 is 1.29 bits per heavy atom. The Morgan fingerprint density at radius 3 is 2.48 bits per heavy atom. The van der Waals surface area contributed by atoms with Crippen LogP contribution in [0.1, 0.15) is 20.8 Å². The first-order chi connectivity index (χ1) is 9.65. The van der Waals surface area contributed by atoms with Crippen molar-refractivity contribution in [3.8, 4) is 0 Å². The molecule has 0 aliphatic rings. The first-order valence-corrected chi connectivity index (χ1v) is 7.16. The molecule has 3 N–H and O–H groups in total. The van der Waals surface area contributed by atoms with Crippen LogP contribution >= 0.6 is 23.2 Å². The summed E-state index contributed by atoms with van der Waals surface area (Å²) in [6, 6.07) is 4.70. The number of carbonyl (C=O) groups is 2. The van der Waals surface area contributed by atoms with E-state index in [2.05, 4.69) is 10.6 Å². The summed E-state index contributed by atoms with van der Waals surface area (Å²) < 4.78 is 0. The van der Waals surface area contributed by atoms with Crippen LogP contribution in [0.5, 0.6) is 0 Å². The predicted molar refractivity (Wildman–Crippen MR) is 83.6 cm³/mol. The van der Waals surface area contributed by atoms with Crippen molar-refractivity contribution in [1.29, 1.82) is 0 Å². The van der Waals surface area contributed by atoms with Gasteiger partial charge in [-0.3, -0.25) is 9.59 Å². The van der Waals surface area contributed by atoms with Crippen LogP contribution in [-0.2, 0) is 9.59 Å². The molecule has 0 aliphatic heterocycles. The fraction of sp³-hybridized carbons (Fsp3) is 0.429. The van der Waals surface area contributed by atoms with Crippen LogP contribution in [0.4, 0.5) is 5.69 Å². The molecule has 0 aromatic heterocycles. The third-order valence-electron chi connectivity index (χ3n) is 3.26. The van der Waals surface area contributed by atoms with Crippen LogP contribution < -0.4 is 10.6 Å². The summed E-state index contributed by atoms with van der Waals surface area (Å²) in [4.78, 5) is 23.5. The highest BCUT2D eigenvalue weighted by molar-refractivity contribution is 6.45. The molecule has 116 valence electrons. The summed E-state index contributed by atoms with van der Waals surface area (Å²) in [5, 5.41) is 15.2. The summed E-state index contributed by atoms with van der Waals surface area (Å²) in [5.41, 5.74) is -0.844. The van der Waals surface area contributed by atoms with Crippen molar-refractivity contribution in [2.45, 2.75) is 26.4 Å². The zero-order chi connectivity index (χ0) is 16.2. The molecule has 0 saturated carbocycles. The third kappa shape index (κ3) is 4.88. The standard InChI is InChI=1S/C14H18Cl2N2O3/c1-8(2)14(3,21)7-17-12(19)13(20)18-10-6-4-5-9(15)11(10)16/h4-6,8,21H,7H2,1-3H3,(H,17,19)(H,18,20). The average Bonchev–Trinajstić information content (AvgIpc) is 2.41. The number of benzene rings is 1. The maximum atomic E-state index is 11.8. The molecule has 0 spiro atoms. The molecule has 0 aliphatic carbocycles. The van der Waals surface area contributed by atoms with Gasteiger partial charge in [0.05, 0.1) is 21.3 Å². The number of amides is 2. The molecule has 1 rings (SSSR count). The molecule has 0 saturated heterocycles. The third-order valence-corrected chi connectivity index (χ3v) is 4.08. The van der Waals surface area contributed by atoms with Crippen molar-refractivity contribution in [3.05, 3.63) is 28.2 Å². The number of carbonyl (C=O) groups excluding carboxylic acids is 2. The predicted octanol–water partition coefficient (Wildman–Crippen LogP) is 2.46. The van der Waals surface area contributed by atoms with Crippen LogP contribution in [0.15, 0.2) is 18.2 Å². The highest BCUT2D eigenvalue weighted by Gasteiger charge is 2.26. The van der Waals surface area contributed by atoms with E-state index in [-0.39, 0.29) is 28.2 Å². The first kappa shape index (κ1) is 17.8. The van der Waals surface area contributed by atoms with E-state index in [9.17, 15) is 14.7 Å². The molecule has 7 heteroatoms. The number of aliphatic hydroxyl groups is 1. The molecular weight excluding hydrogens is 315 g/mol. The molecule has 1 aromatic carbocycles. The molecule has 2 amide bonds. The van der Waals surface area contributed by atoms with Crippen molar-refractivity contribution in [2.75, 3.05) is 11.9 Å². The summed E-state index contributed by atoms with van der Waals surface area (Å²) in [5.74, 6) is -1.80. The minimum atomic E-state index is -1.09. The lowest BCUT2D eigenvalue weighted by atomic mass is 9.92. The van der Waals surface area contributed by atoms with E-state index in [1.54, 1.807) is 19.1 Å². The highest BCUT2D eigenvalue weighted by atomic mass is 35.5. The van der Waals surface area contributed by atoms with E-state index in [1.165, 1.54) is 6.07 Å². The molecule has 5 nitrogen and oxygen atoms in total. The Hall–Kier alpha value is -1.30. The van der Waals surface area contributed by atoms with Gasteiger partial charge in [-0.2, -0.15) is 0 Å². The van der Waals surface area contributed by atoms with Gasteiger partial charge in [-0.05, 0) is 25.0 Å². The highest BCUT2D eigenvalue weighted by Crippen LogP contribution is 2.29. The maximum absolute atomic E-state index is 11.8. The largest absolute Gasteiger partial charge is 0.388 e. The van der Waals surface area contributed by atoms with Crippen LogP contribution in [0, 0.1) is 5.92 Å². The fourth-order valence-electron chi connectivity index (χ4n) is 1.32. The van der Waals surface area contributed by atoms with Crippen LogP contribution in [0.25, 0.3) is 0 Å². The van der Waals surface area contributed by atoms with Crippen LogP contribution in [0.3, 0.4) is 0 Å². The van der Waals surface area contributed by atoms with Crippen molar-refractivity contribution in [2.24, 2.45) is 5.92 Å². The topological polar surface area (TPSA) is 78.4 Å². The Balaban J connectivity index is 2.64. The zero-order valence-electron chi connectivity index (χ0n) is 12.0. The lowest BCUT2D eigenvalue weighted by Crippen LogP contribution is -2.47. The Bertz CT molecular complexity index is 545. The summed E-state index contributed by atoms with van der Waals surface area (Å²) in [6.45, 7) is 5.19. The Kier molecular flexibility index (Phi) is 6.01. The van der Waals surface area contributed by atoms with Gasteiger partial charge in [0.2, 0.25) is 0 Å². The van der Waals surface area contributed by atoms with E-state index >= 15 is 0 Å². The van der Waals surface area contributed by atoms with Gasteiger partial charge < -0.3 is 15.7 Å². The minimum absolute atomic E-state index is 0.0276. The molecule has 0 bridgehead atoms. The second-order valence-electron chi connectivity index (χ2n) is 5.25. The van der Waals surface area contributed by atoms with Gasteiger partial charge in [-0.15, -0.1) is 0 Å². The molecule has 0 radical (unpaired) electrons. The number of rotatable bonds is 4. The Morgan fingerprint density at radius 2 is 1.90 bits per heavy atom. The lowest BCUT2D eigenvalue weighted by molar-refractivity contribution is -0.137. The smallest absolute Gasteiger partial charge is 0.313 e. The summed E-state index contributed by atoms with van der Waals surface area (Å²) in [7, 11) is 0. The second kappa shape index (κ2) is 7.11. The van der Waals surface area contributed by atoms with Crippen molar-refractivity contribution in [1.82, 2.24) is 5.32 Å². The molecule has 1 aromatic rings. The van der Waals surface area contributed by atoms with Crippen LogP contribution in [0.2, 0.25) is 10.0 Å². The van der Waals surface area contributed by atoms with Gasteiger partial charge >= 0.3 is 11.8 Å². The number of nitrogens with one attached hydrogen (secondary N) is 2. The monoisotopic (exact) mass is 332 g/mol. The number of hydrogen-bond acceptors (Lipinski definition) is 3.